The molecule has 0 aliphatic carbocycles. The second-order valence-corrected chi connectivity index (χ2v) is 8.27. The van der Waals surface area contributed by atoms with Gasteiger partial charge in [0.05, 0.1) is 38.7 Å². The smallest absolute Gasteiger partial charge is 0.264 e. The third kappa shape index (κ3) is 4.81. The largest absolute Gasteiger partial charge is 0.493 e. The topological polar surface area (TPSA) is 77.1 Å². The van der Waals surface area contributed by atoms with E-state index in [1.165, 1.54) is 11.3 Å². The molecular weight excluding hydrogens is 416 g/mol. The Bertz CT molecular complexity index is 1100. The number of amides is 2. The van der Waals surface area contributed by atoms with Crippen LogP contribution < -0.4 is 14.8 Å². The number of methoxy groups -OCH3 is 2. The van der Waals surface area contributed by atoms with Crippen LogP contribution in [0.3, 0.4) is 0 Å². The first kappa shape index (κ1) is 21.1. The monoisotopic (exact) mass is 440 g/mol. The van der Waals surface area contributed by atoms with E-state index in [1.807, 2.05) is 35.2 Å². The van der Waals surface area contributed by atoms with E-state index in [-0.39, 0.29) is 18.2 Å². The molecule has 162 valence electrons. The minimum absolute atomic E-state index is 0.0311. The van der Waals surface area contributed by atoms with Crippen molar-refractivity contribution in [3.8, 4) is 11.5 Å². The molecule has 1 aromatic heterocycles. The zero-order chi connectivity index (χ0) is 21.8. The summed E-state index contributed by atoms with van der Waals surface area (Å²) in [5.41, 5.74) is 1.52. The van der Waals surface area contributed by atoms with Gasteiger partial charge >= 0.3 is 0 Å². The SMILES string of the molecule is COc1ccc(CC(=O)Nc2ccc3sc(C(=O)N4CCOCC4)cc3c2)cc1OC. The second kappa shape index (κ2) is 9.36. The predicted molar refractivity (Wildman–Crippen MR) is 120 cm³/mol. The molecule has 1 aliphatic heterocycles. The van der Waals surface area contributed by atoms with Crippen LogP contribution in [0.2, 0.25) is 0 Å². The first-order chi connectivity index (χ1) is 15.1. The molecule has 8 heteroatoms. The third-order valence-corrected chi connectivity index (χ3v) is 6.23. The summed E-state index contributed by atoms with van der Waals surface area (Å²) < 4.78 is 16.9. The van der Waals surface area contributed by atoms with E-state index in [0.717, 1.165) is 15.6 Å². The number of hydrogen-bond donors (Lipinski definition) is 1. The van der Waals surface area contributed by atoms with Crippen molar-refractivity contribution < 1.29 is 23.8 Å². The Hall–Kier alpha value is -3.10. The van der Waals surface area contributed by atoms with Gasteiger partial charge in [-0.05, 0) is 47.3 Å². The molecule has 4 rings (SSSR count). The van der Waals surface area contributed by atoms with Gasteiger partial charge in [-0.15, -0.1) is 11.3 Å². The Morgan fingerprint density at radius 1 is 1.03 bits per heavy atom. The van der Waals surface area contributed by atoms with Crippen molar-refractivity contribution in [1.82, 2.24) is 4.90 Å². The molecule has 2 aromatic carbocycles. The van der Waals surface area contributed by atoms with E-state index in [1.54, 1.807) is 26.4 Å². The quantitative estimate of drug-likeness (QED) is 0.634. The van der Waals surface area contributed by atoms with Crippen molar-refractivity contribution in [1.29, 1.82) is 0 Å². The molecule has 0 saturated carbocycles. The van der Waals surface area contributed by atoms with Gasteiger partial charge in [0.2, 0.25) is 5.91 Å². The molecule has 1 N–H and O–H groups in total. The molecule has 1 aliphatic rings. The van der Waals surface area contributed by atoms with Crippen LogP contribution in [0, 0.1) is 0 Å². The van der Waals surface area contributed by atoms with E-state index >= 15 is 0 Å². The minimum Gasteiger partial charge on any atom is -0.493 e. The average molecular weight is 441 g/mol. The van der Waals surface area contributed by atoms with Crippen LogP contribution in [0.4, 0.5) is 5.69 Å². The standard InChI is InChI=1S/C23H24N2O5S/c1-28-18-5-3-15(11-19(18)29-2)12-22(26)24-17-4-6-20-16(13-17)14-21(31-20)23(27)25-7-9-30-10-8-25/h3-6,11,13-14H,7-10,12H2,1-2H3,(H,24,26). The van der Waals surface area contributed by atoms with Crippen LogP contribution in [-0.4, -0.2) is 57.2 Å². The van der Waals surface area contributed by atoms with Crippen molar-refractivity contribution in [2.45, 2.75) is 6.42 Å². The summed E-state index contributed by atoms with van der Waals surface area (Å²) in [6.07, 6.45) is 0.211. The summed E-state index contributed by atoms with van der Waals surface area (Å²) in [6, 6.07) is 13.0. The fraction of sp³-hybridized carbons (Fsp3) is 0.304. The lowest BCUT2D eigenvalue weighted by molar-refractivity contribution is -0.115. The van der Waals surface area contributed by atoms with Crippen molar-refractivity contribution in [2.24, 2.45) is 0 Å². The minimum atomic E-state index is -0.133. The highest BCUT2D eigenvalue weighted by Gasteiger charge is 2.20. The van der Waals surface area contributed by atoms with E-state index in [4.69, 9.17) is 14.2 Å². The van der Waals surface area contributed by atoms with Crippen molar-refractivity contribution in [3.05, 3.63) is 52.9 Å². The number of fused-ring (bicyclic) bond motifs is 1. The Morgan fingerprint density at radius 2 is 1.81 bits per heavy atom. The lowest BCUT2D eigenvalue weighted by atomic mass is 10.1. The van der Waals surface area contributed by atoms with Crippen molar-refractivity contribution >= 4 is 38.9 Å². The number of nitrogens with one attached hydrogen (secondary N) is 1. The van der Waals surface area contributed by atoms with Crippen molar-refractivity contribution in [2.75, 3.05) is 45.8 Å². The molecule has 1 saturated heterocycles. The maximum absolute atomic E-state index is 12.7. The third-order valence-electron chi connectivity index (χ3n) is 5.12. The lowest BCUT2D eigenvalue weighted by Gasteiger charge is -2.26. The molecule has 7 nitrogen and oxygen atoms in total. The molecule has 2 amide bonds. The molecule has 31 heavy (non-hydrogen) atoms. The number of thiophene rings is 1. The number of ether oxygens (including phenoxy) is 3. The van der Waals surface area contributed by atoms with Crippen LogP contribution in [0.15, 0.2) is 42.5 Å². The van der Waals surface area contributed by atoms with Crippen LogP contribution in [0.25, 0.3) is 10.1 Å². The van der Waals surface area contributed by atoms with Crippen LogP contribution in [0.1, 0.15) is 15.2 Å². The zero-order valence-electron chi connectivity index (χ0n) is 17.5. The average Bonchev–Trinajstić information content (AvgIpc) is 3.22. The van der Waals surface area contributed by atoms with Gasteiger partial charge in [0.15, 0.2) is 11.5 Å². The van der Waals surface area contributed by atoms with Crippen LogP contribution >= 0.6 is 11.3 Å². The molecule has 0 bridgehead atoms. The number of nitrogens with zero attached hydrogens (tertiary/aromatic N) is 1. The first-order valence-corrected chi connectivity index (χ1v) is 10.8. The molecule has 1 fully saturated rings. The first-order valence-electron chi connectivity index (χ1n) is 9.99. The highest BCUT2D eigenvalue weighted by atomic mass is 32.1. The Labute approximate surface area is 184 Å². The predicted octanol–water partition coefficient (Wildman–Crippen LogP) is 3.57. The number of benzene rings is 2. The van der Waals surface area contributed by atoms with Crippen LogP contribution in [-0.2, 0) is 16.0 Å². The molecule has 0 spiro atoms. The van der Waals surface area contributed by atoms with Gasteiger partial charge in [0.1, 0.15) is 0 Å². The van der Waals surface area contributed by atoms with E-state index < -0.39 is 0 Å². The lowest BCUT2D eigenvalue weighted by Crippen LogP contribution is -2.40. The number of morpholine rings is 1. The molecule has 2 heterocycles. The van der Waals surface area contributed by atoms with Gasteiger partial charge in [-0.1, -0.05) is 6.07 Å². The van der Waals surface area contributed by atoms with Crippen molar-refractivity contribution in [3.63, 3.8) is 0 Å². The fourth-order valence-corrected chi connectivity index (χ4v) is 4.54. The summed E-state index contributed by atoms with van der Waals surface area (Å²) in [5, 5.41) is 3.87. The van der Waals surface area contributed by atoms with Gasteiger partial charge in [0, 0.05) is 23.5 Å². The summed E-state index contributed by atoms with van der Waals surface area (Å²) in [7, 11) is 3.14. The summed E-state index contributed by atoms with van der Waals surface area (Å²) in [6.45, 7) is 2.38. The Kier molecular flexibility index (Phi) is 6.39. The maximum Gasteiger partial charge on any atom is 0.264 e. The maximum atomic E-state index is 12.7. The van der Waals surface area contributed by atoms with E-state index in [2.05, 4.69) is 5.32 Å². The van der Waals surface area contributed by atoms with E-state index in [0.29, 0.717) is 48.4 Å². The summed E-state index contributed by atoms with van der Waals surface area (Å²) >= 11 is 1.47. The molecule has 0 radical (unpaired) electrons. The van der Waals surface area contributed by atoms with Gasteiger partial charge < -0.3 is 24.4 Å². The summed E-state index contributed by atoms with van der Waals surface area (Å²) in [5.74, 6) is 1.11. The van der Waals surface area contributed by atoms with Gasteiger partial charge in [-0.3, -0.25) is 9.59 Å². The number of carbonyl (C=O) groups excluding carboxylic acids is 2. The Balaban J connectivity index is 1.45. The molecular formula is C23H24N2O5S. The van der Waals surface area contributed by atoms with E-state index in [9.17, 15) is 9.59 Å². The second-order valence-electron chi connectivity index (χ2n) is 7.18. The highest BCUT2D eigenvalue weighted by Crippen LogP contribution is 2.30. The Morgan fingerprint density at radius 3 is 2.55 bits per heavy atom. The number of rotatable bonds is 6. The number of hydrogen-bond acceptors (Lipinski definition) is 6. The molecule has 0 atom stereocenters. The number of anilines is 1. The zero-order valence-corrected chi connectivity index (χ0v) is 18.3. The highest BCUT2D eigenvalue weighted by molar-refractivity contribution is 7.20. The molecule has 3 aromatic rings. The van der Waals surface area contributed by atoms with Gasteiger partial charge in [-0.25, -0.2) is 0 Å². The fourth-order valence-electron chi connectivity index (χ4n) is 3.53. The van der Waals surface area contributed by atoms with Crippen LogP contribution in [0.5, 0.6) is 11.5 Å². The van der Waals surface area contributed by atoms with Gasteiger partial charge in [0.25, 0.3) is 5.91 Å². The van der Waals surface area contributed by atoms with Gasteiger partial charge in [-0.2, -0.15) is 0 Å². The molecule has 0 unspecified atom stereocenters. The normalized spacial score (nSPS) is 13.8. The summed E-state index contributed by atoms with van der Waals surface area (Å²) in [4.78, 5) is 27.8. The number of carbonyl (C=O) groups is 2.